The molecule has 4 nitrogen and oxygen atoms in total. The molecule has 0 bridgehead atoms. The van der Waals surface area contributed by atoms with Crippen molar-refractivity contribution >= 4 is 43.1 Å². The molecule has 0 atom stereocenters. The van der Waals surface area contributed by atoms with Gasteiger partial charge in [0.2, 0.25) is 12.4 Å². The second-order valence-electron chi connectivity index (χ2n) is 10.5. The molecule has 0 aromatic heterocycles. The van der Waals surface area contributed by atoms with E-state index in [9.17, 15) is 23.7 Å². The number of fused-ring (bicyclic) bond motifs is 6. The Morgan fingerprint density at radius 3 is 1.47 bits per heavy atom. The summed E-state index contributed by atoms with van der Waals surface area (Å²) in [6, 6.07) is 28.8. The molecule has 0 unspecified atom stereocenters. The summed E-state index contributed by atoms with van der Waals surface area (Å²) in [4.78, 5) is 8.38. The zero-order valence-electron chi connectivity index (χ0n) is 22.7. The molecule has 7 aromatic carbocycles. The van der Waals surface area contributed by atoms with E-state index < -0.39 is 11.7 Å². The SMILES string of the molecule is Cc1cccc(-c2ccc3c(c2)c(=NC#N)c2cc4c(cc23)c(=NC#N)c2cc(-c3cccc(C(F)(F)F)c3)ccc24)c1. The highest BCUT2D eigenvalue weighted by atomic mass is 19.4. The Morgan fingerprint density at radius 2 is 0.977 bits per heavy atom. The minimum atomic E-state index is -4.46. The van der Waals surface area contributed by atoms with E-state index in [0.29, 0.717) is 27.2 Å². The second-order valence-corrected chi connectivity index (χ2v) is 10.5. The van der Waals surface area contributed by atoms with E-state index in [4.69, 9.17) is 0 Å². The predicted octanol–water partition coefficient (Wildman–Crippen LogP) is 8.60. The fourth-order valence-corrected chi connectivity index (χ4v) is 6.08. The van der Waals surface area contributed by atoms with Crippen molar-refractivity contribution < 1.29 is 13.2 Å². The maximum atomic E-state index is 13.4. The molecule has 7 rings (SSSR count). The predicted molar refractivity (Wildman–Crippen MR) is 162 cm³/mol. The van der Waals surface area contributed by atoms with Crippen LogP contribution in [0.3, 0.4) is 0 Å². The molecule has 0 aliphatic heterocycles. The smallest absolute Gasteiger partial charge is 0.172 e. The minimum absolute atomic E-state index is 0.411. The van der Waals surface area contributed by atoms with Crippen molar-refractivity contribution in [3.63, 3.8) is 0 Å². The van der Waals surface area contributed by atoms with E-state index in [2.05, 4.69) is 16.1 Å². The van der Waals surface area contributed by atoms with Crippen molar-refractivity contribution in [2.75, 3.05) is 0 Å². The van der Waals surface area contributed by atoms with Crippen molar-refractivity contribution in [2.45, 2.75) is 13.1 Å². The van der Waals surface area contributed by atoms with Crippen LogP contribution in [-0.2, 0) is 6.18 Å². The molecule has 0 saturated carbocycles. The van der Waals surface area contributed by atoms with Crippen LogP contribution >= 0.6 is 0 Å². The van der Waals surface area contributed by atoms with E-state index in [-0.39, 0.29) is 0 Å². The summed E-state index contributed by atoms with van der Waals surface area (Å²) in [5, 5.41) is 26.7. The summed E-state index contributed by atoms with van der Waals surface area (Å²) in [6.45, 7) is 2.04. The Morgan fingerprint density at radius 1 is 0.512 bits per heavy atom. The van der Waals surface area contributed by atoms with E-state index in [0.717, 1.165) is 66.5 Å². The zero-order chi connectivity index (χ0) is 29.9. The van der Waals surface area contributed by atoms with Gasteiger partial charge in [-0.2, -0.15) is 33.7 Å². The molecular formula is C36H19F3N4. The highest BCUT2D eigenvalue weighted by molar-refractivity contribution is 6.21. The van der Waals surface area contributed by atoms with E-state index in [1.54, 1.807) is 18.2 Å². The van der Waals surface area contributed by atoms with Crippen LogP contribution in [0.1, 0.15) is 11.1 Å². The van der Waals surface area contributed by atoms with Gasteiger partial charge in [-0.05, 0) is 87.1 Å². The first kappa shape index (κ1) is 26.1. The average molecular weight is 565 g/mol. The van der Waals surface area contributed by atoms with E-state index >= 15 is 0 Å². The number of hydrogen-bond acceptors (Lipinski definition) is 4. The van der Waals surface area contributed by atoms with Crippen LogP contribution in [0.5, 0.6) is 0 Å². The van der Waals surface area contributed by atoms with Gasteiger partial charge in [0.25, 0.3) is 0 Å². The van der Waals surface area contributed by atoms with Crippen LogP contribution in [0, 0.1) is 29.8 Å². The molecule has 7 aromatic rings. The summed E-state index contributed by atoms with van der Waals surface area (Å²) in [5.41, 5.74) is 3.47. The third kappa shape index (κ3) is 4.22. The molecular weight excluding hydrogens is 545 g/mol. The van der Waals surface area contributed by atoms with E-state index in [1.807, 2.05) is 73.9 Å². The van der Waals surface area contributed by atoms with Crippen LogP contribution in [0.4, 0.5) is 13.2 Å². The lowest BCUT2D eigenvalue weighted by molar-refractivity contribution is -0.137. The van der Waals surface area contributed by atoms with Gasteiger partial charge in [0.15, 0.2) is 0 Å². The molecule has 204 valence electrons. The lowest BCUT2D eigenvalue weighted by Gasteiger charge is -2.09. The van der Waals surface area contributed by atoms with Gasteiger partial charge in [0.05, 0.1) is 16.3 Å². The summed E-state index contributed by atoms with van der Waals surface area (Å²) in [5.74, 6) is 0. The van der Waals surface area contributed by atoms with Gasteiger partial charge in [-0.25, -0.2) is 0 Å². The van der Waals surface area contributed by atoms with Gasteiger partial charge < -0.3 is 0 Å². The minimum Gasteiger partial charge on any atom is -0.172 e. The Bertz CT molecular complexity index is 2480. The highest BCUT2D eigenvalue weighted by Crippen LogP contribution is 2.36. The number of alkyl halides is 3. The maximum absolute atomic E-state index is 13.4. The quantitative estimate of drug-likeness (QED) is 0.197. The molecule has 43 heavy (non-hydrogen) atoms. The van der Waals surface area contributed by atoms with Gasteiger partial charge in [0, 0.05) is 21.5 Å². The van der Waals surface area contributed by atoms with Crippen LogP contribution in [-0.4, -0.2) is 0 Å². The van der Waals surface area contributed by atoms with Gasteiger partial charge >= 0.3 is 6.18 Å². The average Bonchev–Trinajstić information content (AvgIpc) is 3.47. The van der Waals surface area contributed by atoms with Crippen molar-refractivity contribution in [3.8, 4) is 34.6 Å². The summed E-state index contributed by atoms with van der Waals surface area (Å²) >= 11 is 0. The normalized spacial score (nSPS) is 12.9. The van der Waals surface area contributed by atoms with Crippen LogP contribution in [0.15, 0.2) is 107 Å². The lowest BCUT2D eigenvalue weighted by Crippen LogP contribution is -2.04. The molecule has 7 heteroatoms. The van der Waals surface area contributed by atoms with Gasteiger partial charge in [-0.3, -0.25) is 0 Å². The topological polar surface area (TPSA) is 72.3 Å². The third-order valence-electron chi connectivity index (χ3n) is 8.00. The molecule has 0 aliphatic carbocycles. The fourth-order valence-electron chi connectivity index (χ4n) is 6.08. The van der Waals surface area contributed by atoms with Crippen molar-refractivity contribution in [2.24, 2.45) is 9.98 Å². The lowest BCUT2D eigenvalue weighted by atomic mass is 10.0. The number of benzene rings is 5. The molecule has 0 fully saturated rings. The van der Waals surface area contributed by atoms with Crippen LogP contribution in [0.2, 0.25) is 0 Å². The molecule has 0 saturated heterocycles. The molecule has 0 aliphatic rings. The number of hydrogen-bond donors (Lipinski definition) is 0. The largest absolute Gasteiger partial charge is 0.416 e. The second kappa shape index (κ2) is 9.65. The Kier molecular flexibility index (Phi) is 5.86. The first-order valence-corrected chi connectivity index (χ1v) is 13.4. The summed E-state index contributed by atoms with van der Waals surface area (Å²) < 4.78 is 40.2. The highest BCUT2D eigenvalue weighted by Gasteiger charge is 2.30. The Labute approximate surface area is 243 Å². The number of halogens is 3. The summed E-state index contributed by atoms with van der Waals surface area (Å²) in [6.07, 6.45) is -0.606. The molecule has 0 amide bonds. The van der Waals surface area contributed by atoms with E-state index in [1.165, 1.54) is 6.07 Å². The van der Waals surface area contributed by atoms with Crippen molar-refractivity contribution in [1.82, 2.24) is 0 Å². The van der Waals surface area contributed by atoms with Gasteiger partial charge in [-0.1, -0.05) is 66.2 Å². The molecule has 0 heterocycles. The first-order valence-electron chi connectivity index (χ1n) is 13.4. The molecule has 0 N–H and O–H groups in total. The first-order chi connectivity index (χ1) is 20.8. The molecule has 0 spiro atoms. The van der Waals surface area contributed by atoms with Gasteiger partial charge in [0.1, 0.15) is 0 Å². The molecule has 0 radical (unpaired) electrons. The number of aryl methyl sites for hydroxylation is 1. The maximum Gasteiger partial charge on any atom is 0.416 e. The fraction of sp³-hybridized carbons (Fsp3) is 0.0556. The van der Waals surface area contributed by atoms with Crippen molar-refractivity contribution in [3.05, 3.63) is 119 Å². The monoisotopic (exact) mass is 564 g/mol. The van der Waals surface area contributed by atoms with Gasteiger partial charge in [-0.15, -0.1) is 0 Å². The zero-order valence-corrected chi connectivity index (χ0v) is 22.7. The number of nitrogens with zero attached hydrogens (tertiary/aromatic N) is 4. The van der Waals surface area contributed by atoms with Crippen molar-refractivity contribution in [1.29, 1.82) is 10.5 Å². The Hall–Kier alpha value is -5.79. The van der Waals surface area contributed by atoms with Crippen LogP contribution < -0.4 is 10.7 Å². The third-order valence-corrected chi connectivity index (χ3v) is 8.00. The van der Waals surface area contributed by atoms with Crippen LogP contribution in [0.25, 0.3) is 65.3 Å². The standard InChI is InChI=1S/C36H19F3N4/c1-20-4-2-5-21(12-20)23-8-10-26-28-16-33-29(17-32(28)34(42-18-40)30(26)14-23)27-11-9-24(15-31(27)35(33)43-19-41)22-6-3-7-25(13-22)36(37,38)39/h2-17H,1H3. The number of rotatable bonds is 2. The summed E-state index contributed by atoms with van der Waals surface area (Å²) in [7, 11) is 0. The Balaban J connectivity index is 1.51. The number of nitriles is 2.